The maximum atomic E-state index is 12.3. The Bertz CT molecular complexity index is 509. The summed E-state index contributed by atoms with van der Waals surface area (Å²) in [6, 6.07) is 7.76. The van der Waals surface area contributed by atoms with Crippen LogP contribution in [0.2, 0.25) is 0 Å². The van der Waals surface area contributed by atoms with E-state index < -0.39 is 0 Å². The molecular formula is C15H18BrNO2. The van der Waals surface area contributed by atoms with Crippen molar-refractivity contribution < 1.29 is 9.59 Å². The number of rotatable bonds is 2. The largest absolute Gasteiger partial charge is 0.296 e. The van der Waals surface area contributed by atoms with Gasteiger partial charge in [-0.3, -0.25) is 14.9 Å². The summed E-state index contributed by atoms with van der Waals surface area (Å²) in [6.45, 7) is 6.16. The van der Waals surface area contributed by atoms with Gasteiger partial charge in [0, 0.05) is 10.9 Å². The van der Waals surface area contributed by atoms with E-state index in [2.05, 4.69) is 35.1 Å². The molecule has 1 aliphatic heterocycles. The molecule has 0 bridgehead atoms. The van der Waals surface area contributed by atoms with Gasteiger partial charge in [-0.05, 0) is 29.0 Å². The SMILES string of the molecule is CC(C)C1(C)CC(=O)NC(=O)C1c1ccc(Br)cc1. The van der Waals surface area contributed by atoms with Gasteiger partial charge in [0.15, 0.2) is 0 Å². The smallest absolute Gasteiger partial charge is 0.234 e. The molecule has 1 fully saturated rings. The molecule has 1 saturated heterocycles. The van der Waals surface area contributed by atoms with Crippen LogP contribution in [0.15, 0.2) is 28.7 Å². The number of nitrogens with one attached hydrogen (secondary N) is 1. The van der Waals surface area contributed by atoms with Crippen LogP contribution in [0, 0.1) is 11.3 Å². The van der Waals surface area contributed by atoms with Gasteiger partial charge in [-0.25, -0.2) is 0 Å². The first-order valence-electron chi connectivity index (χ1n) is 6.44. The first-order valence-corrected chi connectivity index (χ1v) is 7.23. The third-order valence-electron chi connectivity index (χ3n) is 4.25. The van der Waals surface area contributed by atoms with Crippen molar-refractivity contribution in [2.45, 2.75) is 33.1 Å². The second-order valence-electron chi connectivity index (χ2n) is 5.73. The summed E-state index contributed by atoms with van der Waals surface area (Å²) in [6.07, 6.45) is 0.386. The molecule has 1 aliphatic rings. The first kappa shape index (κ1) is 14.3. The van der Waals surface area contributed by atoms with Gasteiger partial charge < -0.3 is 0 Å². The van der Waals surface area contributed by atoms with Crippen LogP contribution < -0.4 is 5.32 Å². The summed E-state index contributed by atoms with van der Waals surface area (Å²) in [5, 5.41) is 2.46. The molecule has 1 heterocycles. The number of amides is 2. The van der Waals surface area contributed by atoms with Crippen molar-refractivity contribution in [3.05, 3.63) is 34.3 Å². The maximum Gasteiger partial charge on any atom is 0.234 e. The van der Waals surface area contributed by atoms with Gasteiger partial charge in [0.1, 0.15) is 0 Å². The number of piperidine rings is 1. The molecule has 1 N–H and O–H groups in total. The van der Waals surface area contributed by atoms with Gasteiger partial charge in [0.05, 0.1) is 5.92 Å². The standard InChI is InChI=1S/C15H18BrNO2/c1-9(2)15(3)8-12(18)17-14(19)13(15)10-4-6-11(16)7-5-10/h4-7,9,13H,8H2,1-3H3,(H,17,18,19). The summed E-state index contributed by atoms with van der Waals surface area (Å²) in [5.41, 5.74) is 0.622. The van der Waals surface area contributed by atoms with E-state index in [0.717, 1.165) is 10.0 Å². The Kier molecular flexibility index (Phi) is 3.81. The summed E-state index contributed by atoms with van der Waals surface area (Å²) in [4.78, 5) is 24.0. The third kappa shape index (κ3) is 2.59. The molecule has 0 aromatic heterocycles. The lowest BCUT2D eigenvalue weighted by atomic mass is 9.62. The van der Waals surface area contributed by atoms with Gasteiger partial charge in [0.2, 0.25) is 11.8 Å². The Labute approximate surface area is 121 Å². The Morgan fingerprint density at radius 1 is 1.26 bits per heavy atom. The zero-order chi connectivity index (χ0) is 14.2. The van der Waals surface area contributed by atoms with Crippen LogP contribution >= 0.6 is 15.9 Å². The second-order valence-corrected chi connectivity index (χ2v) is 6.65. The molecule has 3 nitrogen and oxygen atoms in total. The molecule has 19 heavy (non-hydrogen) atoms. The predicted octanol–water partition coefficient (Wildman–Crippen LogP) is 3.24. The molecular weight excluding hydrogens is 306 g/mol. The van der Waals surface area contributed by atoms with E-state index in [4.69, 9.17) is 0 Å². The highest BCUT2D eigenvalue weighted by Crippen LogP contribution is 2.47. The van der Waals surface area contributed by atoms with Gasteiger partial charge in [-0.15, -0.1) is 0 Å². The first-order chi connectivity index (χ1) is 8.84. The van der Waals surface area contributed by atoms with Crippen LogP contribution in [0.3, 0.4) is 0 Å². The predicted molar refractivity (Wildman–Crippen MR) is 77.6 cm³/mol. The molecule has 0 radical (unpaired) electrons. The lowest BCUT2D eigenvalue weighted by molar-refractivity contribution is -0.141. The van der Waals surface area contributed by atoms with E-state index in [0.29, 0.717) is 6.42 Å². The van der Waals surface area contributed by atoms with E-state index in [1.165, 1.54) is 0 Å². The molecule has 1 aromatic carbocycles. The molecule has 1 aromatic rings. The number of hydrogen-bond acceptors (Lipinski definition) is 2. The minimum atomic E-state index is -0.340. The molecule has 0 spiro atoms. The van der Waals surface area contributed by atoms with E-state index in [-0.39, 0.29) is 29.1 Å². The van der Waals surface area contributed by atoms with Crippen LogP contribution in [0.25, 0.3) is 0 Å². The zero-order valence-corrected chi connectivity index (χ0v) is 13.0. The fourth-order valence-corrected chi connectivity index (χ4v) is 2.99. The minimum Gasteiger partial charge on any atom is -0.296 e. The summed E-state index contributed by atoms with van der Waals surface area (Å²) >= 11 is 3.40. The third-order valence-corrected chi connectivity index (χ3v) is 4.78. The minimum absolute atomic E-state index is 0.172. The average molecular weight is 324 g/mol. The molecule has 0 aliphatic carbocycles. The fraction of sp³-hybridized carbons (Fsp3) is 0.467. The van der Waals surface area contributed by atoms with Gasteiger partial charge in [-0.1, -0.05) is 48.8 Å². The Hall–Kier alpha value is -1.16. The molecule has 2 amide bonds. The van der Waals surface area contributed by atoms with E-state index in [1.54, 1.807) is 0 Å². The van der Waals surface area contributed by atoms with Gasteiger partial charge in [0.25, 0.3) is 0 Å². The topological polar surface area (TPSA) is 46.2 Å². The maximum absolute atomic E-state index is 12.3. The highest BCUT2D eigenvalue weighted by Gasteiger charge is 2.47. The fourth-order valence-electron chi connectivity index (χ4n) is 2.73. The van der Waals surface area contributed by atoms with Crippen LogP contribution in [-0.4, -0.2) is 11.8 Å². The molecule has 2 unspecified atom stereocenters. The summed E-state index contributed by atoms with van der Waals surface area (Å²) in [7, 11) is 0. The second kappa shape index (κ2) is 5.08. The van der Waals surface area contributed by atoms with Crippen LogP contribution in [0.1, 0.15) is 38.7 Å². The quantitative estimate of drug-likeness (QED) is 0.849. The Morgan fingerprint density at radius 2 is 1.84 bits per heavy atom. The Balaban J connectivity index is 2.47. The van der Waals surface area contributed by atoms with Crippen molar-refractivity contribution in [1.29, 1.82) is 0 Å². The molecule has 2 rings (SSSR count). The van der Waals surface area contributed by atoms with Crippen molar-refractivity contribution >= 4 is 27.7 Å². The monoisotopic (exact) mass is 323 g/mol. The van der Waals surface area contributed by atoms with E-state index in [9.17, 15) is 9.59 Å². The van der Waals surface area contributed by atoms with Crippen molar-refractivity contribution in [1.82, 2.24) is 5.32 Å². The van der Waals surface area contributed by atoms with Crippen LogP contribution in [0.5, 0.6) is 0 Å². The van der Waals surface area contributed by atoms with Crippen molar-refractivity contribution in [2.75, 3.05) is 0 Å². The van der Waals surface area contributed by atoms with Crippen molar-refractivity contribution in [3.63, 3.8) is 0 Å². The van der Waals surface area contributed by atoms with Crippen molar-refractivity contribution in [2.24, 2.45) is 11.3 Å². The number of imide groups is 1. The number of benzene rings is 1. The van der Waals surface area contributed by atoms with Gasteiger partial charge >= 0.3 is 0 Å². The lowest BCUT2D eigenvalue weighted by Gasteiger charge is -2.43. The zero-order valence-electron chi connectivity index (χ0n) is 11.4. The van der Waals surface area contributed by atoms with E-state index >= 15 is 0 Å². The lowest BCUT2D eigenvalue weighted by Crippen LogP contribution is -2.51. The van der Waals surface area contributed by atoms with Gasteiger partial charge in [-0.2, -0.15) is 0 Å². The van der Waals surface area contributed by atoms with Crippen LogP contribution in [0.4, 0.5) is 0 Å². The van der Waals surface area contributed by atoms with E-state index in [1.807, 2.05) is 31.2 Å². The molecule has 0 saturated carbocycles. The molecule has 4 heteroatoms. The number of carbonyl (C=O) groups is 2. The summed E-state index contributed by atoms with van der Waals surface area (Å²) in [5.74, 6) is -0.390. The Morgan fingerprint density at radius 3 is 2.37 bits per heavy atom. The number of halogens is 1. The van der Waals surface area contributed by atoms with Crippen LogP contribution in [-0.2, 0) is 9.59 Å². The molecule has 102 valence electrons. The average Bonchev–Trinajstić information content (AvgIpc) is 2.30. The van der Waals surface area contributed by atoms with Crippen molar-refractivity contribution in [3.8, 4) is 0 Å². The normalized spacial score (nSPS) is 27.5. The molecule has 2 atom stereocenters. The summed E-state index contributed by atoms with van der Waals surface area (Å²) < 4.78 is 0.981. The number of hydrogen-bond donors (Lipinski definition) is 1. The number of carbonyl (C=O) groups excluding carboxylic acids is 2. The highest BCUT2D eigenvalue weighted by molar-refractivity contribution is 9.10. The highest BCUT2D eigenvalue weighted by atomic mass is 79.9.